The van der Waals surface area contributed by atoms with E-state index < -0.39 is 0 Å². The predicted molar refractivity (Wildman–Crippen MR) is 69.7 cm³/mol. The van der Waals surface area contributed by atoms with Crippen molar-refractivity contribution in [2.75, 3.05) is 13.3 Å². The lowest BCUT2D eigenvalue weighted by molar-refractivity contribution is 0.174. The Morgan fingerprint density at radius 3 is 3.06 bits per heavy atom. The van der Waals surface area contributed by atoms with Crippen molar-refractivity contribution in [3.63, 3.8) is 0 Å². The molecule has 4 rings (SSSR count). The van der Waals surface area contributed by atoms with Crippen molar-refractivity contribution in [2.45, 2.75) is 25.3 Å². The van der Waals surface area contributed by atoms with E-state index in [0.29, 0.717) is 12.8 Å². The highest BCUT2D eigenvalue weighted by molar-refractivity contribution is 5.73. The lowest BCUT2D eigenvalue weighted by Crippen LogP contribution is -2.30. The molecule has 0 bridgehead atoms. The molecule has 1 N–H and O–H groups in total. The van der Waals surface area contributed by atoms with Gasteiger partial charge >= 0.3 is 0 Å². The Morgan fingerprint density at radius 2 is 2.06 bits per heavy atom. The lowest BCUT2D eigenvalue weighted by Gasteiger charge is -2.27. The van der Waals surface area contributed by atoms with E-state index in [0.717, 1.165) is 24.0 Å². The molecule has 2 aliphatic heterocycles. The van der Waals surface area contributed by atoms with Gasteiger partial charge in [-0.3, -0.25) is 0 Å². The molecule has 2 atom stereocenters. The van der Waals surface area contributed by atoms with E-state index in [-0.39, 0.29) is 0 Å². The standard InChI is InChI=1S/C15H17NO2/c1-2-10-6-7-16-15(10)12(3-1)11-4-5-13-14(8-11)18-9-17-13/h3-5,8,10,15-16H,1-2,6-7,9H2/t10-,15+/m1/s1. The summed E-state index contributed by atoms with van der Waals surface area (Å²) in [4.78, 5) is 0. The summed E-state index contributed by atoms with van der Waals surface area (Å²) >= 11 is 0. The summed E-state index contributed by atoms with van der Waals surface area (Å²) in [6.45, 7) is 1.50. The minimum atomic E-state index is 0.349. The summed E-state index contributed by atoms with van der Waals surface area (Å²) in [5, 5.41) is 3.63. The normalized spacial score (nSPS) is 29.0. The van der Waals surface area contributed by atoms with Crippen LogP contribution in [-0.4, -0.2) is 19.4 Å². The summed E-state index contributed by atoms with van der Waals surface area (Å²) in [7, 11) is 0. The molecular weight excluding hydrogens is 226 g/mol. The maximum absolute atomic E-state index is 5.47. The van der Waals surface area contributed by atoms with Gasteiger partial charge in [0.2, 0.25) is 6.79 Å². The van der Waals surface area contributed by atoms with E-state index in [1.165, 1.54) is 30.4 Å². The fourth-order valence-corrected chi connectivity index (χ4v) is 3.39. The first-order valence-corrected chi connectivity index (χ1v) is 6.75. The third-order valence-electron chi connectivity index (χ3n) is 4.29. The van der Waals surface area contributed by atoms with Gasteiger partial charge < -0.3 is 14.8 Å². The second-order valence-electron chi connectivity index (χ2n) is 5.29. The molecule has 2 heterocycles. The third kappa shape index (κ3) is 1.54. The maximum Gasteiger partial charge on any atom is 0.231 e. The van der Waals surface area contributed by atoms with Gasteiger partial charge in [0.1, 0.15) is 0 Å². The van der Waals surface area contributed by atoms with Gasteiger partial charge in [0.25, 0.3) is 0 Å². The number of allylic oxidation sites excluding steroid dienone is 1. The van der Waals surface area contributed by atoms with Crippen molar-refractivity contribution in [1.82, 2.24) is 5.32 Å². The highest BCUT2D eigenvalue weighted by atomic mass is 16.7. The van der Waals surface area contributed by atoms with E-state index in [4.69, 9.17) is 9.47 Å². The third-order valence-corrected chi connectivity index (χ3v) is 4.29. The van der Waals surface area contributed by atoms with Crippen LogP contribution in [0.2, 0.25) is 0 Å². The van der Waals surface area contributed by atoms with Crippen LogP contribution >= 0.6 is 0 Å². The first kappa shape index (κ1) is 10.4. The quantitative estimate of drug-likeness (QED) is 0.822. The van der Waals surface area contributed by atoms with Crippen LogP contribution in [0.15, 0.2) is 24.3 Å². The van der Waals surface area contributed by atoms with Gasteiger partial charge in [-0.05, 0) is 55.0 Å². The topological polar surface area (TPSA) is 30.5 Å². The highest BCUT2D eigenvalue weighted by Crippen LogP contribution is 2.40. The van der Waals surface area contributed by atoms with Crippen LogP contribution in [0.5, 0.6) is 11.5 Å². The number of benzene rings is 1. The zero-order valence-corrected chi connectivity index (χ0v) is 10.3. The second kappa shape index (κ2) is 4.02. The van der Waals surface area contributed by atoms with Crippen LogP contribution in [0.3, 0.4) is 0 Å². The molecule has 0 spiro atoms. The molecule has 0 unspecified atom stereocenters. The van der Waals surface area contributed by atoms with Gasteiger partial charge in [-0.2, -0.15) is 0 Å². The van der Waals surface area contributed by atoms with Crippen molar-refractivity contribution < 1.29 is 9.47 Å². The average Bonchev–Trinajstić information content (AvgIpc) is 3.05. The molecule has 1 aromatic rings. The Labute approximate surface area is 107 Å². The summed E-state index contributed by atoms with van der Waals surface area (Å²) < 4.78 is 10.8. The van der Waals surface area contributed by atoms with Gasteiger partial charge in [0.15, 0.2) is 11.5 Å². The Kier molecular flexibility index (Phi) is 2.33. The van der Waals surface area contributed by atoms with Gasteiger partial charge in [-0.15, -0.1) is 0 Å². The summed E-state index contributed by atoms with van der Waals surface area (Å²) in [6, 6.07) is 6.84. The van der Waals surface area contributed by atoms with Gasteiger partial charge in [-0.1, -0.05) is 12.1 Å². The molecule has 0 amide bonds. The van der Waals surface area contributed by atoms with Gasteiger partial charge in [0, 0.05) is 6.04 Å². The summed E-state index contributed by atoms with van der Waals surface area (Å²) in [5.41, 5.74) is 2.73. The molecule has 0 saturated carbocycles. The molecule has 18 heavy (non-hydrogen) atoms. The van der Waals surface area contributed by atoms with Gasteiger partial charge in [-0.25, -0.2) is 0 Å². The summed E-state index contributed by atoms with van der Waals surface area (Å²) in [5.74, 6) is 2.56. The molecule has 1 aromatic carbocycles. The first-order valence-electron chi connectivity index (χ1n) is 6.75. The molecule has 1 aliphatic carbocycles. The van der Waals surface area contributed by atoms with E-state index in [1.807, 2.05) is 6.07 Å². The van der Waals surface area contributed by atoms with Crippen molar-refractivity contribution >= 4 is 5.57 Å². The van der Waals surface area contributed by atoms with Crippen LogP contribution in [-0.2, 0) is 0 Å². The van der Waals surface area contributed by atoms with Crippen molar-refractivity contribution in [3.8, 4) is 11.5 Å². The molecular formula is C15H17NO2. The van der Waals surface area contributed by atoms with Crippen molar-refractivity contribution in [1.29, 1.82) is 0 Å². The molecule has 94 valence electrons. The number of rotatable bonds is 1. The molecule has 1 saturated heterocycles. The predicted octanol–water partition coefficient (Wildman–Crippen LogP) is 2.57. The fourth-order valence-electron chi connectivity index (χ4n) is 3.39. The maximum atomic E-state index is 5.47. The number of hydrogen-bond acceptors (Lipinski definition) is 3. The Bertz CT molecular complexity index is 509. The van der Waals surface area contributed by atoms with Gasteiger partial charge in [0.05, 0.1) is 0 Å². The zero-order chi connectivity index (χ0) is 11.9. The molecule has 3 aliphatic rings. The van der Waals surface area contributed by atoms with E-state index in [2.05, 4.69) is 23.5 Å². The van der Waals surface area contributed by atoms with E-state index in [1.54, 1.807) is 0 Å². The number of ether oxygens (including phenoxy) is 2. The molecule has 3 heteroatoms. The lowest BCUT2D eigenvalue weighted by atomic mass is 9.82. The molecule has 0 aromatic heterocycles. The monoisotopic (exact) mass is 243 g/mol. The van der Waals surface area contributed by atoms with Crippen molar-refractivity contribution in [3.05, 3.63) is 29.8 Å². The fraction of sp³-hybridized carbons (Fsp3) is 0.467. The Hall–Kier alpha value is -1.48. The minimum absolute atomic E-state index is 0.349. The number of fused-ring (bicyclic) bond motifs is 2. The van der Waals surface area contributed by atoms with Crippen LogP contribution in [0, 0.1) is 5.92 Å². The second-order valence-corrected chi connectivity index (χ2v) is 5.29. The minimum Gasteiger partial charge on any atom is -0.454 e. The van der Waals surface area contributed by atoms with Crippen LogP contribution in [0.4, 0.5) is 0 Å². The van der Waals surface area contributed by atoms with E-state index in [9.17, 15) is 0 Å². The van der Waals surface area contributed by atoms with Crippen LogP contribution in [0.1, 0.15) is 24.8 Å². The average molecular weight is 243 g/mol. The zero-order valence-electron chi connectivity index (χ0n) is 10.3. The largest absolute Gasteiger partial charge is 0.454 e. The molecule has 0 radical (unpaired) electrons. The molecule has 1 fully saturated rings. The SMILES string of the molecule is C1=C(c2ccc3c(c2)OCO3)[C@H]2NCC[C@H]2CC1. The van der Waals surface area contributed by atoms with Crippen molar-refractivity contribution in [2.24, 2.45) is 5.92 Å². The van der Waals surface area contributed by atoms with Crippen LogP contribution < -0.4 is 14.8 Å². The Morgan fingerprint density at radius 1 is 1.11 bits per heavy atom. The smallest absolute Gasteiger partial charge is 0.231 e. The number of nitrogens with one attached hydrogen (secondary N) is 1. The Balaban J connectivity index is 1.72. The van der Waals surface area contributed by atoms with Crippen LogP contribution in [0.25, 0.3) is 5.57 Å². The first-order chi connectivity index (χ1) is 8.92. The van der Waals surface area contributed by atoms with E-state index >= 15 is 0 Å². The highest BCUT2D eigenvalue weighted by Gasteiger charge is 2.32. The number of hydrogen-bond donors (Lipinski definition) is 1. The summed E-state index contributed by atoms with van der Waals surface area (Å²) in [6.07, 6.45) is 6.22. The molecule has 3 nitrogen and oxygen atoms in total.